The molecule has 0 amide bonds. The standard InChI is InChI=1S/C19H22Cl2O3/c1-19(2,3)13-5-7-15(8-6-13)23-9-4-10-24-18-16(20)11-14(22)12-17(18)21/h5-8,11-12,22H,4,9-10H2,1-3H3. The monoisotopic (exact) mass is 368 g/mol. The molecule has 0 saturated carbocycles. The van der Waals surface area contributed by atoms with Gasteiger partial charge in [0.25, 0.3) is 0 Å². The molecule has 2 aromatic rings. The first kappa shape index (κ1) is 18.8. The van der Waals surface area contributed by atoms with E-state index in [1.807, 2.05) is 12.1 Å². The maximum absolute atomic E-state index is 9.38. The summed E-state index contributed by atoms with van der Waals surface area (Å²) in [6, 6.07) is 10.9. The van der Waals surface area contributed by atoms with E-state index in [1.54, 1.807) is 0 Å². The van der Waals surface area contributed by atoms with Gasteiger partial charge in [-0.3, -0.25) is 0 Å². The largest absolute Gasteiger partial charge is 0.508 e. The third-order valence-electron chi connectivity index (χ3n) is 3.51. The van der Waals surface area contributed by atoms with Crippen LogP contribution in [0.1, 0.15) is 32.8 Å². The zero-order valence-electron chi connectivity index (χ0n) is 14.1. The molecule has 0 fully saturated rings. The zero-order valence-corrected chi connectivity index (χ0v) is 15.6. The normalized spacial score (nSPS) is 11.4. The van der Waals surface area contributed by atoms with E-state index in [4.69, 9.17) is 32.7 Å². The van der Waals surface area contributed by atoms with Gasteiger partial charge in [0.15, 0.2) is 5.75 Å². The molecule has 3 nitrogen and oxygen atoms in total. The number of hydrogen-bond donors (Lipinski definition) is 1. The van der Waals surface area contributed by atoms with Crippen LogP contribution in [-0.4, -0.2) is 18.3 Å². The SMILES string of the molecule is CC(C)(C)c1ccc(OCCCOc2c(Cl)cc(O)cc2Cl)cc1. The third kappa shape index (κ3) is 5.22. The second-order valence-corrected chi connectivity index (χ2v) is 7.38. The van der Waals surface area contributed by atoms with Crippen LogP contribution in [0.3, 0.4) is 0 Å². The molecule has 0 unspecified atom stereocenters. The molecular weight excluding hydrogens is 347 g/mol. The summed E-state index contributed by atoms with van der Waals surface area (Å²) in [5.74, 6) is 1.23. The molecular formula is C19H22Cl2O3. The minimum atomic E-state index is 0.0133. The Hall–Kier alpha value is -1.58. The molecule has 24 heavy (non-hydrogen) atoms. The van der Waals surface area contributed by atoms with Crippen LogP contribution in [0.4, 0.5) is 0 Å². The Labute approximate surface area is 153 Å². The van der Waals surface area contributed by atoms with Gasteiger partial charge in [-0.15, -0.1) is 0 Å². The molecule has 0 spiro atoms. The molecule has 0 bridgehead atoms. The molecule has 0 aliphatic rings. The summed E-state index contributed by atoms with van der Waals surface area (Å²) in [5.41, 5.74) is 1.41. The Morgan fingerprint density at radius 3 is 2.00 bits per heavy atom. The number of rotatable bonds is 6. The van der Waals surface area contributed by atoms with E-state index in [0.29, 0.717) is 35.4 Å². The lowest BCUT2D eigenvalue weighted by Crippen LogP contribution is -2.10. The molecule has 2 rings (SSSR count). The highest BCUT2D eigenvalue weighted by atomic mass is 35.5. The van der Waals surface area contributed by atoms with Crippen molar-refractivity contribution in [2.75, 3.05) is 13.2 Å². The van der Waals surface area contributed by atoms with Crippen LogP contribution >= 0.6 is 23.2 Å². The maximum atomic E-state index is 9.38. The van der Waals surface area contributed by atoms with Gasteiger partial charge < -0.3 is 14.6 Å². The number of phenolic OH excluding ortho intramolecular Hbond substituents is 1. The fourth-order valence-electron chi connectivity index (χ4n) is 2.16. The summed E-state index contributed by atoms with van der Waals surface area (Å²) in [7, 11) is 0. The van der Waals surface area contributed by atoms with Crippen molar-refractivity contribution >= 4 is 23.2 Å². The fraction of sp³-hybridized carbons (Fsp3) is 0.368. The summed E-state index contributed by atoms with van der Waals surface area (Å²) in [6.07, 6.45) is 0.689. The topological polar surface area (TPSA) is 38.7 Å². The number of ether oxygens (including phenoxy) is 2. The highest BCUT2D eigenvalue weighted by Crippen LogP contribution is 2.36. The highest BCUT2D eigenvalue weighted by molar-refractivity contribution is 6.37. The molecule has 5 heteroatoms. The molecule has 130 valence electrons. The number of benzene rings is 2. The second kappa shape index (κ2) is 8.00. The van der Waals surface area contributed by atoms with Gasteiger partial charge in [-0.05, 0) is 23.1 Å². The van der Waals surface area contributed by atoms with Crippen LogP contribution in [0.25, 0.3) is 0 Å². The van der Waals surface area contributed by atoms with E-state index >= 15 is 0 Å². The van der Waals surface area contributed by atoms with Gasteiger partial charge >= 0.3 is 0 Å². The van der Waals surface area contributed by atoms with Gasteiger partial charge in [-0.25, -0.2) is 0 Å². The molecule has 0 aromatic heterocycles. The first-order valence-corrected chi connectivity index (χ1v) is 8.57. The molecule has 0 aliphatic carbocycles. The van der Waals surface area contributed by atoms with Crippen LogP contribution < -0.4 is 9.47 Å². The van der Waals surface area contributed by atoms with E-state index in [9.17, 15) is 5.11 Å². The van der Waals surface area contributed by atoms with Crippen molar-refractivity contribution in [3.05, 3.63) is 52.0 Å². The second-order valence-electron chi connectivity index (χ2n) is 6.56. The molecule has 0 aliphatic heterocycles. The first-order chi connectivity index (χ1) is 11.3. The van der Waals surface area contributed by atoms with Crippen molar-refractivity contribution in [1.82, 2.24) is 0 Å². The minimum absolute atomic E-state index is 0.0133. The molecule has 0 heterocycles. The number of aromatic hydroxyl groups is 1. The summed E-state index contributed by atoms with van der Waals surface area (Å²) in [4.78, 5) is 0. The van der Waals surface area contributed by atoms with Crippen LogP contribution in [0.5, 0.6) is 17.2 Å². The molecule has 0 radical (unpaired) electrons. The molecule has 1 N–H and O–H groups in total. The van der Waals surface area contributed by atoms with Gasteiger partial charge in [0.2, 0.25) is 0 Å². The van der Waals surface area contributed by atoms with Crippen molar-refractivity contribution < 1.29 is 14.6 Å². The Morgan fingerprint density at radius 1 is 0.917 bits per heavy atom. The first-order valence-electron chi connectivity index (χ1n) is 7.81. The number of phenols is 1. The smallest absolute Gasteiger partial charge is 0.156 e. The highest BCUT2D eigenvalue weighted by Gasteiger charge is 2.13. The van der Waals surface area contributed by atoms with Crippen molar-refractivity contribution in [3.63, 3.8) is 0 Å². The molecule has 0 atom stereocenters. The number of hydrogen-bond acceptors (Lipinski definition) is 3. The van der Waals surface area contributed by atoms with Gasteiger partial charge in [-0.1, -0.05) is 56.1 Å². The van der Waals surface area contributed by atoms with E-state index in [-0.39, 0.29) is 11.2 Å². The molecule has 0 saturated heterocycles. The van der Waals surface area contributed by atoms with Gasteiger partial charge in [0.1, 0.15) is 11.5 Å². The van der Waals surface area contributed by atoms with Gasteiger partial charge in [0, 0.05) is 18.6 Å². The number of halogens is 2. The summed E-state index contributed by atoms with van der Waals surface area (Å²) < 4.78 is 11.3. The predicted molar refractivity (Wildman–Crippen MR) is 98.9 cm³/mol. The van der Waals surface area contributed by atoms with Crippen LogP contribution in [0.15, 0.2) is 36.4 Å². The van der Waals surface area contributed by atoms with Gasteiger partial charge in [0.05, 0.1) is 23.3 Å². The van der Waals surface area contributed by atoms with Gasteiger partial charge in [-0.2, -0.15) is 0 Å². The zero-order chi connectivity index (χ0) is 17.7. The minimum Gasteiger partial charge on any atom is -0.508 e. The lowest BCUT2D eigenvalue weighted by Gasteiger charge is -2.19. The lowest BCUT2D eigenvalue weighted by molar-refractivity contribution is 0.247. The van der Waals surface area contributed by atoms with Crippen molar-refractivity contribution in [2.45, 2.75) is 32.6 Å². The van der Waals surface area contributed by atoms with E-state index in [0.717, 1.165) is 5.75 Å². The van der Waals surface area contributed by atoms with E-state index in [1.165, 1.54) is 17.7 Å². The Morgan fingerprint density at radius 2 is 1.46 bits per heavy atom. The summed E-state index contributed by atoms with van der Waals surface area (Å²) >= 11 is 12.0. The van der Waals surface area contributed by atoms with Crippen molar-refractivity contribution in [1.29, 1.82) is 0 Å². The maximum Gasteiger partial charge on any atom is 0.156 e. The summed E-state index contributed by atoms with van der Waals surface area (Å²) in [6.45, 7) is 7.49. The summed E-state index contributed by atoms with van der Waals surface area (Å²) in [5, 5.41) is 9.96. The van der Waals surface area contributed by atoms with Crippen LogP contribution in [0, 0.1) is 0 Å². The van der Waals surface area contributed by atoms with E-state index in [2.05, 4.69) is 32.9 Å². The fourth-order valence-corrected chi connectivity index (χ4v) is 2.74. The quantitative estimate of drug-likeness (QED) is 0.650. The average Bonchev–Trinajstić information content (AvgIpc) is 2.48. The Balaban J connectivity index is 1.78. The predicted octanol–water partition coefficient (Wildman–Crippen LogP) is 5.84. The lowest BCUT2D eigenvalue weighted by atomic mass is 9.87. The Bertz CT molecular complexity index is 653. The average molecular weight is 369 g/mol. The molecule has 2 aromatic carbocycles. The van der Waals surface area contributed by atoms with Crippen molar-refractivity contribution in [3.8, 4) is 17.2 Å². The van der Waals surface area contributed by atoms with E-state index < -0.39 is 0 Å². The van der Waals surface area contributed by atoms with Crippen LogP contribution in [0.2, 0.25) is 10.0 Å². The van der Waals surface area contributed by atoms with Crippen molar-refractivity contribution in [2.24, 2.45) is 0 Å². The van der Waals surface area contributed by atoms with Crippen LogP contribution in [-0.2, 0) is 5.41 Å². The Kier molecular flexibility index (Phi) is 6.25. The third-order valence-corrected chi connectivity index (χ3v) is 4.07.